The van der Waals surface area contributed by atoms with Crippen molar-refractivity contribution in [2.45, 2.75) is 26.2 Å². The highest BCUT2D eigenvalue weighted by Crippen LogP contribution is 2.27. The van der Waals surface area contributed by atoms with Crippen molar-refractivity contribution in [1.29, 1.82) is 0 Å². The minimum atomic E-state index is -1.03. The number of carboxylic acid groups (broad SMARTS) is 1. The second kappa shape index (κ2) is 6.00. The average molecular weight is 224 g/mol. The fourth-order valence-electron chi connectivity index (χ4n) is 1.30. The van der Waals surface area contributed by atoms with Crippen LogP contribution in [0, 0.1) is 0 Å². The first-order chi connectivity index (χ1) is 7.65. The fraction of sp³-hybridized carbons (Fsp3) is 0.417. The molecule has 0 atom stereocenters. The Balaban J connectivity index is 2.63. The van der Waals surface area contributed by atoms with Crippen molar-refractivity contribution in [3.63, 3.8) is 0 Å². The Labute approximate surface area is 94.5 Å². The molecule has 0 saturated carbocycles. The molecule has 0 bridgehead atoms. The van der Waals surface area contributed by atoms with E-state index in [4.69, 9.17) is 9.84 Å². The van der Waals surface area contributed by atoms with E-state index in [1.807, 2.05) is 0 Å². The van der Waals surface area contributed by atoms with E-state index in [1.54, 1.807) is 0 Å². The van der Waals surface area contributed by atoms with Crippen LogP contribution in [0.1, 0.15) is 36.5 Å². The number of benzene rings is 1. The first kappa shape index (κ1) is 12.4. The van der Waals surface area contributed by atoms with Crippen molar-refractivity contribution in [3.05, 3.63) is 23.8 Å². The second-order valence-electron chi connectivity index (χ2n) is 3.54. The highest BCUT2D eigenvalue weighted by atomic mass is 16.5. The Morgan fingerprint density at radius 3 is 2.75 bits per heavy atom. The van der Waals surface area contributed by atoms with Gasteiger partial charge < -0.3 is 14.9 Å². The number of carboxylic acids is 1. The predicted octanol–water partition coefficient (Wildman–Crippen LogP) is 2.66. The summed E-state index contributed by atoms with van der Waals surface area (Å²) in [6.45, 7) is 2.58. The molecule has 4 nitrogen and oxygen atoms in total. The molecule has 0 heterocycles. The van der Waals surface area contributed by atoms with Crippen LogP contribution in [0.5, 0.6) is 11.5 Å². The Morgan fingerprint density at radius 1 is 1.38 bits per heavy atom. The quantitative estimate of drug-likeness (QED) is 0.729. The van der Waals surface area contributed by atoms with Crippen LogP contribution < -0.4 is 4.74 Å². The van der Waals surface area contributed by atoms with E-state index in [2.05, 4.69) is 6.92 Å². The Kier molecular flexibility index (Phi) is 4.64. The summed E-state index contributed by atoms with van der Waals surface area (Å²) in [4.78, 5) is 10.7. The lowest BCUT2D eigenvalue weighted by Gasteiger charge is -2.08. The van der Waals surface area contributed by atoms with Gasteiger partial charge in [0.1, 0.15) is 0 Å². The Hall–Kier alpha value is -1.71. The highest BCUT2D eigenvalue weighted by Gasteiger charge is 2.08. The zero-order valence-corrected chi connectivity index (χ0v) is 9.27. The SMILES string of the molecule is CCCCCOc1cc(C(=O)O)ccc1O. The molecule has 0 unspecified atom stereocenters. The van der Waals surface area contributed by atoms with Gasteiger partial charge in [-0.2, -0.15) is 0 Å². The summed E-state index contributed by atoms with van der Waals surface area (Å²) in [7, 11) is 0. The summed E-state index contributed by atoms with van der Waals surface area (Å²) in [5.41, 5.74) is 0.114. The third-order valence-corrected chi connectivity index (χ3v) is 2.21. The monoisotopic (exact) mass is 224 g/mol. The molecule has 0 aliphatic carbocycles. The molecule has 0 radical (unpaired) electrons. The molecule has 0 amide bonds. The number of aromatic hydroxyl groups is 1. The van der Waals surface area contributed by atoms with E-state index in [9.17, 15) is 9.90 Å². The second-order valence-corrected chi connectivity index (χ2v) is 3.54. The van der Waals surface area contributed by atoms with E-state index in [-0.39, 0.29) is 17.1 Å². The van der Waals surface area contributed by atoms with Crippen LogP contribution in [0.2, 0.25) is 0 Å². The van der Waals surface area contributed by atoms with Crippen LogP contribution in [-0.2, 0) is 0 Å². The summed E-state index contributed by atoms with van der Waals surface area (Å²) in [5.74, 6) is -0.823. The zero-order valence-electron chi connectivity index (χ0n) is 9.27. The molecular weight excluding hydrogens is 208 g/mol. The third kappa shape index (κ3) is 3.46. The predicted molar refractivity (Wildman–Crippen MR) is 60.1 cm³/mol. The summed E-state index contributed by atoms with van der Waals surface area (Å²) in [6, 6.07) is 4.01. The molecule has 0 fully saturated rings. The molecule has 1 aromatic carbocycles. The van der Waals surface area contributed by atoms with Crippen LogP contribution in [0.25, 0.3) is 0 Å². The highest BCUT2D eigenvalue weighted by molar-refractivity contribution is 5.88. The van der Waals surface area contributed by atoms with Gasteiger partial charge in [-0.15, -0.1) is 0 Å². The van der Waals surface area contributed by atoms with Gasteiger partial charge in [0.2, 0.25) is 0 Å². The number of ether oxygens (including phenoxy) is 1. The zero-order chi connectivity index (χ0) is 12.0. The molecule has 0 aliphatic rings. The van der Waals surface area contributed by atoms with Gasteiger partial charge in [0.15, 0.2) is 11.5 Å². The van der Waals surface area contributed by atoms with E-state index in [1.165, 1.54) is 18.2 Å². The van der Waals surface area contributed by atoms with Crippen molar-refractivity contribution >= 4 is 5.97 Å². The molecule has 4 heteroatoms. The van der Waals surface area contributed by atoms with Crippen LogP contribution in [0.15, 0.2) is 18.2 Å². The number of hydrogen-bond acceptors (Lipinski definition) is 3. The van der Waals surface area contributed by atoms with Gasteiger partial charge in [0.05, 0.1) is 12.2 Å². The van der Waals surface area contributed by atoms with E-state index in [0.717, 1.165) is 19.3 Å². The van der Waals surface area contributed by atoms with Gasteiger partial charge in [-0.05, 0) is 24.6 Å². The van der Waals surface area contributed by atoms with E-state index < -0.39 is 5.97 Å². The van der Waals surface area contributed by atoms with Gasteiger partial charge in [-0.25, -0.2) is 4.79 Å². The third-order valence-electron chi connectivity index (χ3n) is 2.21. The summed E-state index contributed by atoms with van der Waals surface area (Å²) in [6.07, 6.45) is 3.04. The molecular formula is C12H16O4. The van der Waals surface area contributed by atoms with Crippen LogP contribution in [0.4, 0.5) is 0 Å². The normalized spacial score (nSPS) is 10.1. The van der Waals surface area contributed by atoms with Crippen LogP contribution >= 0.6 is 0 Å². The van der Waals surface area contributed by atoms with Crippen molar-refractivity contribution in [2.75, 3.05) is 6.61 Å². The largest absolute Gasteiger partial charge is 0.504 e. The summed E-state index contributed by atoms with van der Waals surface area (Å²) >= 11 is 0. The summed E-state index contributed by atoms with van der Waals surface area (Å²) in [5, 5.41) is 18.2. The lowest BCUT2D eigenvalue weighted by Crippen LogP contribution is -2.00. The average Bonchev–Trinajstić information content (AvgIpc) is 2.26. The number of aromatic carboxylic acids is 1. The van der Waals surface area contributed by atoms with Crippen LogP contribution in [0.3, 0.4) is 0 Å². The molecule has 1 aromatic rings. The minimum Gasteiger partial charge on any atom is -0.504 e. The van der Waals surface area contributed by atoms with Gasteiger partial charge >= 0.3 is 5.97 Å². The number of phenolic OH excluding ortho intramolecular Hbond substituents is 1. The number of hydrogen-bond donors (Lipinski definition) is 2. The first-order valence-corrected chi connectivity index (χ1v) is 5.34. The number of unbranched alkanes of at least 4 members (excludes halogenated alkanes) is 2. The van der Waals surface area contributed by atoms with Gasteiger partial charge in [0, 0.05) is 0 Å². The maximum Gasteiger partial charge on any atom is 0.335 e. The smallest absolute Gasteiger partial charge is 0.335 e. The standard InChI is InChI=1S/C12H16O4/c1-2-3-4-7-16-11-8-9(12(14)15)5-6-10(11)13/h5-6,8,13H,2-4,7H2,1H3,(H,14,15). The molecule has 0 saturated heterocycles. The van der Waals surface area contributed by atoms with Gasteiger partial charge in [-0.1, -0.05) is 19.8 Å². The Morgan fingerprint density at radius 2 is 2.12 bits per heavy atom. The lowest BCUT2D eigenvalue weighted by molar-refractivity contribution is 0.0696. The maximum atomic E-state index is 10.7. The Bertz CT molecular complexity index is 360. The first-order valence-electron chi connectivity index (χ1n) is 5.34. The van der Waals surface area contributed by atoms with Crippen LogP contribution in [-0.4, -0.2) is 22.8 Å². The van der Waals surface area contributed by atoms with E-state index >= 15 is 0 Å². The van der Waals surface area contributed by atoms with E-state index in [0.29, 0.717) is 6.61 Å². The maximum absolute atomic E-state index is 10.7. The number of rotatable bonds is 6. The fourth-order valence-corrected chi connectivity index (χ4v) is 1.30. The van der Waals surface area contributed by atoms with Gasteiger partial charge in [-0.3, -0.25) is 0 Å². The molecule has 88 valence electrons. The number of phenols is 1. The number of carbonyl (C=O) groups is 1. The van der Waals surface area contributed by atoms with Crippen molar-refractivity contribution in [3.8, 4) is 11.5 Å². The molecule has 16 heavy (non-hydrogen) atoms. The minimum absolute atomic E-state index is 0.0264. The molecule has 0 spiro atoms. The van der Waals surface area contributed by atoms with Crippen molar-refractivity contribution < 1.29 is 19.7 Å². The molecule has 1 rings (SSSR count). The molecule has 0 aromatic heterocycles. The van der Waals surface area contributed by atoms with Gasteiger partial charge in [0.25, 0.3) is 0 Å². The van der Waals surface area contributed by atoms with Crippen molar-refractivity contribution in [2.24, 2.45) is 0 Å². The topological polar surface area (TPSA) is 66.8 Å². The lowest BCUT2D eigenvalue weighted by atomic mass is 10.2. The molecule has 2 N–H and O–H groups in total. The summed E-state index contributed by atoms with van der Waals surface area (Å²) < 4.78 is 5.32. The van der Waals surface area contributed by atoms with Crippen molar-refractivity contribution in [1.82, 2.24) is 0 Å². The molecule has 0 aliphatic heterocycles.